The number of benzene rings is 1. The van der Waals surface area contributed by atoms with Crippen molar-refractivity contribution in [2.45, 2.75) is 32.1 Å². The first-order valence-electron chi connectivity index (χ1n) is 7.38. The lowest BCUT2D eigenvalue weighted by Crippen LogP contribution is -2.35. The monoisotopic (exact) mass is 244 g/mol. The topological polar surface area (TPSA) is 15.3 Å². The Hall–Kier alpha value is -1.02. The van der Waals surface area contributed by atoms with Gasteiger partial charge in [-0.1, -0.05) is 25.1 Å². The summed E-state index contributed by atoms with van der Waals surface area (Å²) in [5.41, 5.74) is 2.89. The third kappa shape index (κ3) is 2.54. The van der Waals surface area contributed by atoms with Crippen LogP contribution in [-0.2, 0) is 0 Å². The van der Waals surface area contributed by atoms with Gasteiger partial charge in [-0.05, 0) is 49.9 Å². The fourth-order valence-electron chi connectivity index (χ4n) is 3.44. The first-order chi connectivity index (χ1) is 8.83. The minimum atomic E-state index is 0.721. The van der Waals surface area contributed by atoms with Crippen LogP contribution in [0.5, 0.6) is 0 Å². The van der Waals surface area contributed by atoms with Crippen molar-refractivity contribution in [1.29, 1.82) is 0 Å². The van der Waals surface area contributed by atoms with Crippen molar-refractivity contribution in [3.8, 4) is 0 Å². The number of anilines is 1. The van der Waals surface area contributed by atoms with Crippen molar-refractivity contribution in [3.63, 3.8) is 0 Å². The lowest BCUT2D eigenvalue weighted by Gasteiger charge is -2.31. The van der Waals surface area contributed by atoms with Crippen LogP contribution in [0.4, 0.5) is 5.69 Å². The average Bonchev–Trinajstić information content (AvgIpc) is 2.80. The van der Waals surface area contributed by atoms with Gasteiger partial charge in [0.25, 0.3) is 0 Å². The minimum absolute atomic E-state index is 0.721. The van der Waals surface area contributed by atoms with Gasteiger partial charge in [-0.25, -0.2) is 0 Å². The predicted molar refractivity (Wildman–Crippen MR) is 77.1 cm³/mol. The lowest BCUT2D eigenvalue weighted by molar-refractivity contribution is 0.179. The van der Waals surface area contributed by atoms with E-state index >= 15 is 0 Å². The van der Waals surface area contributed by atoms with Gasteiger partial charge in [0, 0.05) is 24.7 Å². The van der Waals surface area contributed by atoms with Crippen LogP contribution in [0, 0.1) is 5.92 Å². The van der Waals surface area contributed by atoms with Gasteiger partial charge < -0.3 is 10.2 Å². The van der Waals surface area contributed by atoms with E-state index in [0.717, 1.165) is 18.4 Å². The molecule has 0 radical (unpaired) electrons. The summed E-state index contributed by atoms with van der Waals surface area (Å²) in [6.45, 7) is 7.40. The predicted octanol–water partition coefficient (Wildman–Crippen LogP) is 3.32. The molecule has 1 saturated heterocycles. The second kappa shape index (κ2) is 5.31. The number of piperidine rings is 1. The highest BCUT2D eigenvalue weighted by molar-refractivity contribution is 5.57. The van der Waals surface area contributed by atoms with E-state index in [1.165, 1.54) is 50.1 Å². The van der Waals surface area contributed by atoms with Crippen molar-refractivity contribution < 1.29 is 0 Å². The Balaban J connectivity index is 1.55. The Morgan fingerprint density at radius 2 is 2.22 bits per heavy atom. The molecule has 0 aromatic heterocycles. The smallest absolute Gasteiger partial charge is 0.0376 e. The molecule has 0 amide bonds. The van der Waals surface area contributed by atoms with Crippen LogP contribution in [0.1, 0.15) is 37.7 Å². The maximum Gasteiger partial charge on any atom is 0.0376 e. The third-order valence-electron chi connectivity index (χ3n) is 4.47. The molecular weight excluding hydrogens is 220 g/mol. The summed E-state index contributed by atoms with van der Waals surface area (Å²) in [6, 6.07) is 8.79. The van der Waals surface area contributed by atoms with Gasteiger partial charge in [0.2, 0.25) is 0 Å². The van der Waals surface area contributed by atoms with E-state index in [4.69, 9.17) is 0 Å². The van der Waals surface area contributed by atoms with Gasteiger partial charge in [0.15, 0.2) is 0 Å². The van der Waals surface area contributed by atoms with Crippen LogP contribution in [0.25, 0.3) is 0 Å². The van der Waals surface area contributed by atoms with Gasteiger partial charge in [-0.2, -0.15) is 0 Å². The summed E-state index contributed by atoms with van der Waals surface area (Å²) in [7, 11) is 0. The van der Waals surface area contributed by atoms with Crippen LogP contribution in [0.15, 0.2) is 24.3 Å². The lowest BCUT2D eigenvalue weighted by atomic mass is 9.96. The fraction of sp³-hybridized carbons (Fsp3) is 0.625. The molecular formula is C16H24N2. The molecule has 3 rings (SSSR count). The minimum Gasteiger partial charge on any atom is -0.384 e. The Labute approximate surface area is 110 Å². The van der Waals surface area contributed by atoms with E-state index in [1.54, 1.807) is 0 Å². The molecule has 2 heteroatoms. The fourth-order valence-corrected chi connectivity index (χ4v) is 3.44. The molecule has 2 nitrogen and oxygen atoms in total. The van der Waals surface area contributed by atoms with Gasteiger partial charge in [-0.15, -0.1) is 0 Å². The zero-order chi connectivity index (χ0) is 12.4. The molecule has 2 atom stereocenters. The van der Waals surface area contributed by atoms with E-state index in [1.807, 2.05) is 0 Å². The first kappa shape index (κ1) is 12.0. The molecule has 1 fully saturated rings. The van der Waals surface area contributed by atoms with Gasteiger partial charge in [0.05, 0.1) is 0 Å². The number of hydrogen-bond acceptors (Lipinski definition) is 2. The number of likely N-dealkylation sites (tertiary alicyclic amines) is 1. The molecule has 2 heterocycles. The molecule has 2 aliphatic heterocycles. The number of fused-ring (bicyclic) bond motifs is 1. The Morgan fingerprint density at radius 1 is 1.33 bits per heavy atom. The summed E-state index contributed by atoms with van der Waals surface area (Å²) >= 11 is 0. The molecule has 0 spiro atoms. The molecule has 2 unspecified atom stereocenters. The maximum absolute atomic E-state index is 3.53. The highest BCUT2D eigenvalue weighted by Crippen LogP contribution is 2.33. The molecule has 0 aliphatic carbocycles. The van der Waals surface area contributed by atoms with Crippen molar-refractivity contribution >= 4 is 5.69 Å². The van der Waals surface area contributed by atoms with E-state index < -0.39 is 0 Å². The van der Waals surface area contributed by atoms with Crippen LogP contribution < -0.4 is 5.32 Å². The van der Waals surface area contributed by atoms with Gasteiger partial charge in [-0.3, -0.25) is 0 Å². The highest BCUT2D eigenvalue weighted by Gasteiger charge is 2.23. The molecule has 98 valence electrons. The maximum atomic E-state index is 3.53. The van der Waals surface area contributed by atoms with E-state index in [9.17, 15) is 0 Å². The number of rotatable bonds is 3. The van der Waals surface area contributed by atoms with Crippen LogP contribution in [-0.4, -0.2) is 31.1 Å². The Morgan fingerprint density at radius 3 is 3.11 bits per heavy atom. The Bertz CT molecular complexity index is 402. The summed E-state index contributed by atoms with van der Waals surface area (Å²) in [6.07, 6.45) is 4.11. The van der Waals surface area contributed by atoms with Crippen LogP contribution >= 0.6 is 0 Å². The standard InChI is InChI=1S/C16H24N2/c1-13-5-4-9-18(12-13)10-8-14-11-17-16-7-3-2-6-15(14)16/h2-3,6-7,13-14,17H,4-5,8-12H2,1H3. The number of nitrogens with one attached hydrogen (secondary N) is 1. The molecule has 1 N–H and O–H groups in total. The summed E-state index contributed by atoms with van der Waals surface area (Å²) in [5, 5.41) is 3.53. The molecule has 0 saturated carbocycles. The SMILES string of the molecule is CC1CCCN(CCC2CNc3ccccc32)C1. The Kier molecular flexibility index (Phi) is 3.55. The van der Waals surface area contributed by atoms with Crippen molar-refractivity contribution in [2.75, 3.05) is 31.5 Å². The summed E-state index contributed by atoms with van der Waals surface area (Å²) in [5.74, 6) is 1.62. The number of nitrogens with zero attached hydrogens (tertiary/aromatic N) is 1. The van der Waals surface area contributed by atoms with Crippen molar-refractivity contribution in [2.24, 2.45) is 5.92 Å². The highest BCUT2D eigenvalue weighted by atomic mass is 15.1. The van der Waals surface area contributed by atoms with Crippen molar-refractivity contribution in [3.05, 3.63) is 29.8 Å². The average molecular weight is 244 g/mol. The third-order valence-corrected chi connectivity index (χ3v) is 4.47. The number of hydrogen-bond donors (Lipinski definition) is 1. The molecule has 0 bridgehead atoms. The zero-order valence-corrected chi connectivity index (χ0v) is 11.4. The van der Waals surface area contributed by atoms with Gasteiger partial charge in [0.1, 0.15) is 0 Å². The largest absolute Gasteiger partial charge is 0.384 e. The zero-order valence-electron chi connectivity index (χ0n) is 11.4. The van der Waals surface area contributed by atoms with Crippen LogP contribution in [0.2, 0.25) is 0 Å². The number of para-hydroxylation sites is 1. The van der Waals surface area contributed by atoms with E-state index in [-0.39, 0.29) is 0 Å². The first-order valence-corrected chi connectivity index (χ1v) is 7.38. The second-order valence-electron chi connectivity index (χ2n) is 6.00. The molecule has 2 aliphatic rings. The van der Waals surface area contributed by atoms with Gasteiger partial charge >= 0.3 is 0 Å². The molecule has 1 aromatic rings. The molecule has 18 heavy (non-hydrogen) atoms. The van der Waals surface area contributed by atoms with Crippen molar-refractivity contribution in [1.82, 2.24) is 4.90 Å². The second-order valence-corrected chi connectivity index (χ2v) is 6.00. The molecule has 1 aromatic carbocycles. The summed E-state index contributed by atoms with van der Waals surface area (Å²) in [4.78, 5) is 2.66. The summed E-state index contributed by atoms with van der Waals surface area (Å²) < 4.78 is 0. The van der Waals surface area contributed by atoms with E-state index in [2.05, 4.69) is 41.4 Å². The quantitative estimate of drug-likeness (QED) is 0.877. The van der Waals surface area contributed by atoms with Crippen LogP contribution in [0.3, 0.4) is 0 Å². The van der Waals surface area contributed by atoms with E-state index in [0.29, 0.717) is 0 Å². The normalized spacial score (nSPS) is 27.8.